The van der Waals surface area contributed by atoms with Gasteiger partial charge in [-0.1, -0.05) is 23.7 Å². The van der Waals surface area contributed by atoms with E-state index in [0.29, 0.717) is 5.02 Å². The highest BCUT2D eigenvalue weighted by atomic mass is 35.5. The van der Waals surface area contributed by atoms with Gasteiger partial charge in [-0.3, -0.25) is 0 Å². The summed E-state index contributed by atoms with van der Waals surface area (Å²) in [5, 5.41) is 14.2. The van der Waals surface area contributed by atoms with Gasteiger partial charge in [-0.05, 0) is 45.4 Å². The predicted octanol–water partition coefficient (Wildman–Crippen LogP) is 3.57. The summed E-state index contributed by atoms with van der Waals surface area (Å²) in [5.41, 5.74) is 0.829. The van der Waals surface area contributed by atoms with Crippen LogP contribution >= 0.6 is 24.0 Å². The molecule has 0 aromatic heterocycles. The van der Waals surface area contributed by atoms with Gasteiger partial charge in [0.2, 0.25) is 0 Å². The molecule has 0 heterocycles. The molecule has 0 saturated heterocycles. The van der Waals surface area contributed by atoms with E-state index >= 15 is 0 Å². The van der Waals surface area contributed by atoms with Crippen LogP contribution in [0.15, 0.2) is 24.3 Å². The SMILES string of the molecule is CC(NC(C)(C)C)[C@H](O)c1cccc(Cl)c1.Cl. The Balaban J connectivity index is 0.00000256. The summed E-state index contributed by atoms with van der Waals surface area (Å²) in [6.45, 7) is 8.20. The molecule has 0 fully saturated rings. The fraction of sp³-hybridized carbons (Fsp3) is 0.538. The lowest BCUT2D eigenvalue weighted by Crippen LogP contribution is -2.44. The van der Waals surface area contributed by atoms with Gasteiger partial charge in [0, 0.05) is 16.6 Å². The molecule has 2 N–H and O–H groups in total. The van der Waals surface area contributed by atoms with Gasteiger partial charge >= 0.3 is 0 Å². The average Bonchev–Trinajstić information content (AvgIpc) is 2.14. The van der Waals surface area contributed by atoms with Gasteiger partial charge in [0.25, 0.3) is 0 Å². The van der Waals surface area contributed by atoms with Crippen molar-refractivity contribution in [2.24, 2.45) is 0 Å². The normalized spacial score (nSPS) is 14.9. The first-order valence-corrected chi connectivity index (χ1v) is 5.88. The van der Waals surface area contributed by atoms with Crippen LogP contribution in [0.3, 0.4) is 0 Å². The van der Waals surface area contributed by atoms with Crippen LogP contribution in [0.5, 0.6) is 0 Å². The van der Waals surface area contributed by atoms with Gasteiger partial charge in [0.1, 0.15) is 0 Å². The number of rotatable bonds is 3. The molecule has 0 aliphatic heterocycles. The number of hydrogen-bond acceptors (Lipinski definition) is 2. The minimum absolute atomic E-state index is 0. The molecule has 1 rings (SSSR count). The van der Waals surface area contributed by atoms with E-state index in [9.17, 15) is 5.11 Å². The van der Waals surface area contributed by atoms with Crippen LogP contribution in [0, 0.1) is 0 Å². The van der Waals surface area contributed by atoms with Crippen molar-refractivity contribution in [3.8, 4) is 0 Å². The van der Waals surface area contributed by atoms with Crippen molar-refractivity contribution in [1.29, 1.82) is 0 Å². The van der Waals surface area contributed by atoms with Crippen LogP contribution in [-0.2, 0) is 0 Å². The second kappa shape index (κ2) is 6.60. The molecule has 0 aliphatic carbocycles. The van der Waals surface area contributed by atoms with E-state index in [1.807, 2.05) is 19.1 Å². The van der Waals surface area contributed by atoms with Crippen molar-refractivity contribution in [2.75, 3.05) is 0 Å². The molecule has 0 aliphatic rings. The third kappa shape index (κ3) is 5.73. The molecule has 0 amide bonds. The van der Waals surface area contributed by atoms with Gasteiger partial charge < -0.3 is 10.4 Å². The van der Waals surface area contributed by atoms with Gasteiger partial charge in [0.15, 0.2) is 0 Å². The second-order valence-electron chi connectivity index (χ2n) is 5.18. The average molecular weight is 278 g/mol. The van der Waals surface area contributed by atoms with Crippen molar-refractivity contribution in [1.82, 2.24) is 5.32 Å². The van der Waals surface area contributed by atoms with Crippen molar-refractivity contribution >= 4 is 24.0 Å². The number of aliphatic hydroxyl groups is 1. The molecule has 0 bridgehead atoms. The maximum atomic E-state index is 10.2. The Bertz CT molecular complexity index is 350. The molecule has 98 valence electrons. The molecule has 0 radical (unpaired) electrons. The largest absolute Gasteiger partial charge is 0.387 e. The standard InChI is InChI=1S/C13H20ClNO.ClH/c1-9(15-13(2,3)4)12(16)10-6-5-7-11(14)8-10;/h5-9,12,15-16H,1-4H3;1H/t9?,12-;/m0./s1. The van der Waals surface area contributed by atoms with E-state index in [2.05, 4.69) is 26.1 Å². The molecule has 17 heavy (non-hydrogen) atoms. The van der Waals surface area contributed by atoms with Gasteiger partial charge in [-0.2, -0.15) is 0 Å². The van der Waals surface area contributed by atoms with Crippen LogP contribution < -0.4 is 5.32 Å². The first-order valence-electron chi connectivity index (χ1n) is 5.51. The summed E-state index contributed by atoms with van der Waals surface area (Å²) in [5.74, 6) is 0. The fourth-order valence-electron chi connectivity index (χ4n) is 1.74. The monoisotopic (exact) mass is 277 g/mol. The smallest absolute Gasteiger partial charge is 0.0940 e. The number of hydrogen-bond donors (Lipinski definition) is 2. The van der Waals surface area contributed by atoms with Crippen LogP contribution in [0.4, 0.5) is 0 Å². The first kappa shape index (κ1) is 16.7. The Morgan fingerprint density at radius 1 is 1.29 bits per heavy atom. The summed E-state index contributed by atoms with van der Waals surface area (Å²) < 4.78 is 0. The zero-order valence-corrected chi connectivity index (χ0v) is 12.3. The fourth-order valence-corrected chi connectivity index (χ4v) is 1.94. The summed E-state index contributed by atoms with van der Waals surface area (Å²) in [6.07, 6.45) is -0.544. The quantitative estimate of drug-likeness (QED) is 0.885. The Morgan fingerprint density at radius 3 is 2.35 bits per heavy atom. The Hall–Kier alpha value is -0.280. The molecular formula is C13H21Cl2NO. The van der Waals surface area contributed by atoms with Crippen molar-refractivity contribution in [2.45, 2.75) is 45.4 Å². The molecule has 2 nitrogen and oxygen atoms in total. The molecule has 0 saturated carbocycles. The van der Waals surface area contributed by atoms with Crippen molar-refractivity contribution in [3.63, 3.8) is 0 Å². The third-order valence-electron chi connectivity index (χ3n) is 2.32. The molecular weight excluding hydrogens is 257 g/mol. The molecule has 1 aromatic carbocycles. The van der Waals surface area contributed by atoms with Crippen LogP contribution in [0.25, 0.3) is 0 Å². The molecule has 0 spiro atoms. The Labute approximate surface area is 115 Å². The van der Waals surface area contributed by atoms with Crippen LogP contribution in [0.2, 0.25) is 5.02 Å². The highest BCUT2D eigenvalue weighted by Gasteiger charge is 2.21. The van der Waals surface area contributed by atoms with Gasteiger partial charge in [0.05, 0.1) is 6.10 Å². The number of aliphatic hydroxyl groups excluding tert-OH is 1. The maximum Gasteiger partial charge on any atom is 0.0940 e. The van der Waals surface area contributed by atoms with Crippen LogP contribution in [-0.4, -0.2) is 16.7 Å². The zero-order chi connectivity index (χ0) is 12.3. The van der Waals surface area contributed by atoms with E-state index in [1.165, 1.54) is 0 Å². The zero-order valence-electron chi connectivity index (χ0n) is 10.7. The van der Waals surface area contributed by atoms with Gasteiger partial charge in [-0.15, -0.1) is 12.4 Å². The minimum atomic E-state index is -0.544. The third-order valence-corrected chi connectivity index (χ3v) is 2.56. The molecule has 2 atom stereocenters. The molecule has 1 unspecified atom stereocenters. The van der Waals surface area contributed by atoms with E-state index < -0.39 is 6.10 Å². The maximum absolute atomic E-state index is 10.2. The number of halogens is 2. The Kier molecular flexibility index (Phi) is 6.49. The van der Waals surface area contributed by atoms with Crippen LogP contribution in [0.1, 0.15) is 39.4 Å². The van der Waals surface area contributed by atoms with E-state index in [-0.39, 0.29) is 24.0 Å². The summed E-state index contributed by atoms with van der Waals surface area (Å²) >= 11 is 5.90. The van der Waals surface area contributed by atoms with Gasteiger partial charge in [-0.25, -0.2) is 0 Å². The summed E-state index contributed by atoms with van der Waals surface area (Å²) in [4.78, 5) is 0. The van der Waals surface area contributed by atoms with Crippen molar-refractivity contribution < 1.29 is 5.11 Å². The van der Waals surface area contributed by atoms with E-state index in [0.717, 1.165) is 5.56 Å². The lowest BCUT2D eigenvalue weighted by atomic mass is 10.00. The van der Waals surface area contributed by atoms with E-state index in [1.54, 1.807) is 12.1 Å². The predicted molar refractivity (Wildman–Crippen MR) is 76.0 cm³/mol. The topological polar surface area (TPSA) is 32.3 Å². The second-order valence-corrected chi connectivity index (χ2v) is 5.62. The lowest BCUT2D eigenvalue weighted by molar-refractivity contribution is 0.121. The number of nitrogens with one attached hydrogen (secondary N) is 1. The highest BCUT2D eigenvalue weighted by Crippen LogP contribution is 2.21. The summed E-state index contributed by atoms with van der Waals surface area (Å²) in [7, 11) is 0. The highest BCUT2D eigenvalue weighted by molar-refractivity contribution is 6.30. The molecule has 4 heteroatoms. The van der Waals surface area contributed by atoms with E-state index in [4.69, 9.17) is 11.6 Å². The first-order chi connectivity index (χ1) is 7.29. The number of benzene rings is 1. The molecule has 1 aromatic rings. The minimum Gasteiger partial charge on any atom is -0.387 e. The Morgan fingerprint density at radius 2 is 1.88 bits per heavy atom. The van der Waals surface area contributed by atoms with Crippen molar-refractivity contribution in [3.05, 3.63) is 34.9 Å². The lowest BCUT2D eigenvalue weighted by Gasteiger charge is -2.29. The summed E-state index contributed by atoms with van der Waals surface area (Å²) in [6, 6.07) is 7.33.